The van der Waals surface area contributed by atoms with Crippen LogP contribution in [0.1, 0.15) is 62.0 Å². The molecule has 2 heterocycles. The number of aliphatic hydroxyl groups is 1. The van der Waals surface area contributed by atoms with Crippen LogP contribution in [0.25, 0.3) is 28.6 Å². The second-order valence-corrected chi connectivity index (χ2v) is 9.55. The molecule has 2 fully saturated rings. The topological polar surface area (TPSA) is 59.4 Å². The lowest BCUT2D eigenvalue weighted by Gasteiger charge is -2.26. The lowest BCUT2D eigenvalue weighted by Crippen LogP contribution is -2.31. The average molecular weight is 472 g/mol. The predicted octanol–water partition coefficient (Wildman–Crippen LogP) is 6.68. The molecule has 5 rings (SSSR count). The minimum atomic E-state index is -0.695. The van der Waals surface area contributed by atoms with Gasteiger partial charge in [0.2, 0.25) is 0 Å². The number of carbonyl (C=O) groups excluding carboxylic acids is 1. The van der Waals surface area contributed by atoms with Crippen molar-refractivity contribution in [2.75, 3.05) is 0 Å². The van der Waals surface area contributed by atoms with Gasteiger partial charge in [-0.05, 0) is 60.7 Å². The quantitative estimate of drug-likeness (QED) is 0.422. The molecule has 1 aromatic heterocycles. The number of halogens is 1. The molecule has 0 unspecified atom stereocenters. The number of ether oxygens (including phenoxy) is 1. The molecule has 1 aliphatic heterocycles. The fraction of sp³-hybridized carbons (Fsp3) is 0.333. The Bertz CT molecular complexity index is 1200. The van der Waals surface area contributed by atoms with E-state index in [0.29, 0.717) is 12.3 Å². The SMILES string of the molecule is O=C1C[C@H](O)C[C@@H](/C=C/c2c(C3CCCCC3)cc(-c3ccccc3)nc2-c2ccc(F)cc2)O1. The van der Waals surface area contributed by atoms with Gasteiger partial charge in [-0.3, -0.25) is 4.79 Å². The van der Waals surface area contributed by atoms with E-state index in [1.807, 2.05) is 30.4 Å². The van der Waals surface area contributed by atoms with E-state index in [1.165, 1.54) is 37.0 Å². The van der Waals surface area contributed by atoms with E-state index in [2.05, 4.69) is 18.2 Å². The molecule has 1 saturated heterocycles. The minimum absolute atomic E-state index is 0.0336. The summed E-state index contributed by atoms with van der Waals surface area (Å²) >= 11 is 0. The van der Waals surface area contributed by atoms with Crippen LogP contribution in [0.4, 0.5) is 4.39 Å². The molecule has 0 amide bonds. The van der Waals surface area contributed by atoms with Crippen molar-refractivity contribution in [3.63, 3.8) is 0 Å². The molecule has 4 nitrogen and oxygen atoms in total. The lowest BCUT2D eigenvalue weighted by molar-refractivity contribution is -0.156. The molecule has 1 saturated carbocycles. The van der Waals surface area contributed by atoms with E-state index in [9.17, 15) is 14.3 Å². The van der Waals surface area contributed by atoms with E-state index < -0.39 is 12.2 Å². The monoisotopic (exact) mass is 471 g/mol. The second-order valence-electron chi connectivity index (χ2n) is 9.55. The summed E-state index contributed by atoms with van der Waals surface area (Å²) < 4.78 is 19.2. The highest BCUT2D eigenvalue weighted by Gasteiger charge is 2.26. The Labute approximate surface area is 205 Å². The van der Waals surface area contributed by atoms with Crippen LogP contribution in [0.5, 0.6) is 0 Å². The molecule has 5 heteroatoms. The number of hydrogen-bond donors (Lipinski definition) is 1. The Morgan fingerprint density at radius 1 is 0.971 bits per heavy atom. The molecular weight excluding hydrogens is 441 g/mol. The number of aliphatic hydroxyl groups excluding tert-OH is 1. The highest BCUT2D eigenvalue weighted by Crippen LogP contribution is 2.40. The summed E-state index contributed by atoms with van der Waals surface area (Å²) in [5.41, 5.74) is 5.73. The molecule has 2 aromatic carbocycles. The molecular formula is C30H30FNO3. The van der Waals surface area contributed by atoms with Crippen LogP contribution in [0.2, 0.25) is 0 Å². The van der Waals surface area contributed by atoms with Gasteiger partial charge in [-0.1, -0.05) is 55.7 Å². The van der Waals surface area contributed by atoms with E-state index in [4.69, 9.17) is 9.72 Å². The van der Waals surface area contributed by atoms with Crippen LogP contribution in [-0.2, 0) is 9.53 Å². The van der Waals surface area contributed by atoms with Crippen molar-refractivity contribution in [2.45, 2.75) is 63.1 Å². The number of benzene rings is 2. The third-order valence-electron chi connectivity index (χ3n) is 6.99. The van der Waals surface area contributed by atoms with E-state index in [-0.39, 0.29) is 18.2 Å². The molecule has 2 atom stereocenters. The number of aromatic nitrogens is 1. The maximum absolute atomic E-state index is 13.8. The first kappa shape index (κ1) is 23.4. The summed E-state index contributed by atoms with van der Waals surface area (Å²) in [5, 5.41) is 10.0. The summed E-state index contributed by atoms with van der Waals surface area (Å²) in [6.45, 7) is 0. The fourth-order valence-corrected chi connectivity index (χ4v) is 5.22. The zero-order chi connectivity index (χ0) is 24.2. The zero-order valence-corrected chi connectivity index (χ0v) is 19.7. The summed E-state index contributed by atoms with van der Waals surface area (Å²) in [7, 11) is 0. The van der Waals surface area contributed by atoms with Crippen LogP contribution in [0.3, 0.4) is 0 Å². The maximum Gasteiger partial charge on any atom is 0.309 e. The third-order valence-corrected chi connectivity index (χ3v) is 6.99. The van der Waals surface area contributed by atoms with Crippen molar-refractivity contribution in [3.05, 3.63) is 83.7 Å². The lowest BCUT2D eigenvalue weighted by atomic mass is 9.80. The van der Waals surface area contributed by atoms with Gasteiger partial charge in [-0.25, -0.2) is 9.37 Å². The van der Waals surface area contributed by atoms with E-state index in [0.717, 1.165) is 40.9 Å². The van der Waals surface area contributed by atoms with Crippen LogP contribution < -0.4 is 0 Å². The van der Waals surface area contributed by atoms with Gasteiger partial charge in [-0.2, -0.15) is 0 Å². The van der Waals surface area contributed by atoms with Crippen LogP contribution in [0, 0.1) is 5.82 Å². The van der Waals surface area contributed by atoms with Gasteiger partial charge in [0.25, 0.3) is 0 Å². The number of pyridine rings is 1. The predicted molar refractivity (Wildman–Crippen MR) is 135 cm³/mol. The van der Waals surface area contributed by atoms with Gasteiger partial charge in [0.05, 0.1) is 23.9 Å². The molecule has 0 radical (unpaired) electrons. The highest BCUT2D eigenvalue weighted by atomic mass is 19.1. The third kappa shape index (κ3) is 5.51. The Morgan fingerprint density at radius 3 is 2.43 bits per heavy atom. The molecule has 0 bridgehead atoms. The second kappa shape index (κ2) is 10.5. The summed E-state index contributed by atoms with van der Waals surface area (Å²) in [6, 6.07) is 18.7. The van der Waals surface area contributed by atoms with E-state index >= 15 is 0 Å². The number of cyclic esters (lactones) is 1. The van der Waals surface area contributed by atoms with Crippen molar-refractivity contribution < 1.29 is 19.0 Å². The van der Waals surface area contributed by atoms with Crippen LogP contribution in [-0.4, -0.2) is 28.3 Å². The van der Waals surface area contributed by atoms with Gasteiger partial charge in [0, 0.05) is 23.1 Å². The molecule has 3 aromatic rings. The zero-order valence-electron chi connectivity index (χ0n) is 19.7. The molecule has 1 N–H and O–H groups in total. The Kier molecular flexibility index (Phi) is 7.05. The summed E-state index contributed by atoms with van der Waals surface area (Å²) in [6.07, 6.45) is 8.92. The Balaban J connectivity index is 1.66. The van der Waals surface area contributed by atoms with Crippen molar-refractivity contribution >= 4 is 12.0 Å². The number of rotatable bonds is 5. The molecule has 2 aliphatic rings. The normalized spacial score (nSPS) is 21.3. The summed E-state index contributed by atoms with van der Waals surface area (Å²) in [5.74, 6) is -0.282. The maximum atomic E-state index is 13.8. The molecule has 1 aliphatic carbocycles. The number of esters is 1. The minimum Gasteiger partial charge on any atom is -0.458 e. The molecule has 35 heavy (non-hydrogen) atoms. The van der Waals surface area contributed by atoms with Crippen molar-refractivity contribution in [1.29, 1.82) is 0 Å². The molecule has 0 spiro atoms. The first-order chi connectivity index (χ1) is 17.1. The Hall–Kier alpha value is -3.31. The highest BCUT2D eigenvalue weighted by molar-refractivity contribution is 5.78. The van der Waals surface area contributed by atoms with Gasteiger partial charge < -0.3 is 9.84 Å². The van der Waals surface area contributed by atoms with Crippen molar-refractivity contribution in [3.8, 4) is 22.5 Å². The van der Waals surface area contributed by atoms with Gasteiger partial charge in [0.1, 0.15) is 11.9 Å². The van der Waals surface area contributed by atoms with Crippen LogP contribution >= 0.6 is 0 Å². The van der Waals surface area contributed by atoms with Crippen molar-refractivity contribution in [1.82, 2.24) is 4.98 Å². The Morgan fingerprint density at radius 2 is 1.71 bits per heavy atom. The smallest absolute Gasteiger partial charge is 0.309 e. The largest absolute Gasteiger partial charge is 0.458 e. The van der Waals surface area contributed by atoms with Crippen molar-refractivity contribution in [2.24, 2.45) is 0 Å². The van der Waals surface area contributed by atoms with Gasteiger partial charge >= 0.3 is 5.97 Å². The van der Waals surface area contributed by atoms with Gasteiger partial charge in [0.15, 0.2) is 0 Å². The van der Waals surface area contributed by atoms with Crippen LogP contribution in [0.15, 0.2) is 66.7 Å². The first-order valence-corrected chi connectivity index (χ1v) is 12.5. The number of nitrogens with zero attached hydrogens (tertiary/aromatic N) is 1. The average Bonchev–Trinajstić information content (AvgIpc) is 2.88. The number of carbonyl (C=O) groups is 1. The summed E-state index contributed by atoms with van der Waals surface area (Å²) in [4.78, 5) is 16.9. The first-order valence-electron chi connectivity index (χ1n) is 12.5. The standard InChI is InChI=1S/C30H30FNO3/c31-23-13-11-22(12-14-23)30-26(16-15-25-17-24(33)18-29(34)35-25)27(20-7-3-1-4-8-20)19-28(32-30)21-9-5-2-6-10-21/h2,5-6,9-16,19-20,24-25,33H,1,3-4,7-8,17-18H2/b16-15+/t24-,25-/m1/s1. The fourth-order valence-electron chi connectivity index (χ4n) is 5.22. The molecule has 180 valence electrons. The number of hydrogen-bond acceptors (Lipinski definition) is 4. The van der Waals surface area contributed by atoms with Gasteiger partial charge in [-0.15, -0.1) is 0 Å². The van der Waals surface area contributed by atoms with E-state index in [1.54, 1.807) is 12.1 Å².